The normalized spacial score (nSPS) is 11.1. The summed E-state index contributed by atoms with van der Waals surface area (Å²) in [6.07, 6.45) is -0.841. The second-order valence-corrected chi connectivity index (χ2v) is 4.90. The summed E-state index contributed by atoms with van der Waals surface area (Å²) >= 11 is 0. The van der Waals surface area contributed by atoms with Crippen LogP contribution < -0.4 is 0 Å². The molecular formula is C13H17F2N5O. The molecule has 2 aromatic heterocycles. The van der Waals surface area contributed by atoms with Crippen molar-refractivity contribution in [1.29, 1.82) is 0 Å². The van der Waals surface area contributed by atoms with Crippen molar-refractivity contribution in [1.82, 2.24) is 24.5 Å². The molecule has 0 fully saturated rings. The Kier molecular flexibility index (Phi) is 4.35. The molecule has 114 valence electrons. The van der Waals surface area contributed by atoms with E-state index >= 15 is 0 Å². The maximum Gasteiger partial charge on any atom is 0.282 e. The Bertz CT molecular complexity index is 634. The lowest BCUT2D eigenvalue weighted by atomic mass is 10.3. The molecule has 0 radical (unpaired) electrons. The summed E-state index contributed by atoms with van der Waals surface area (Å²) in [6, 6.07) is 3.11. The first-order chi connectivity index (χ1) is 9.86. The van der Waals surface area contributed by atoms with E-state index in [-0.39, 0.29) is 18.1 Å². The van der Waals surface area contributed by atoms with E-state index in [9.17, 15) is 13.6 Å². The zero-order valence-electron chi connectivity index (χ0n) is 12.1. The second-order valence-electron chi connectivity index (χ2n) is 4.90. The number of aryl methyl sites for hydroxylation is 2. The van der Waals surface area contributed by atoms with Gasteiger partial charge in [-0.3, -0.25) is 14.2 Å². The van der Waals surface area contributed by atoms with Gasteiger partial charge in [0.2, 0.25) is 5.91 Å². The highest BCUT2D eigenvalue weighted by Crippen LogP contribution is 2.17. The van der Waals surface area contributed by atoms with Crippen LogP contribution in [0.2, 0.25) is 0 Å². The maximum absolute atomic E-state index is 12.6. The van der Waals surface area contributed by atoms with Gasteiger partial charge in [0, 0.05) is 26.0 Å². The van der Waals surface area contributed by atoms with Crippen LogP contribution in [0, 0.1) is 6.92 Å². The molecule has 0 atom stereocenters. The molecule has 0 saturated heterocycles. The first-order valence-electron chi connectivity index (χ1n) is 6.42. The Morgan fingerprint density at radius 2 is 2.14 bits per heavy atom. The molecule has 1 amide bonds. The summed E-state index contributed by atoms with van der Waals surface area (Å²) < 4.78 is 28.1. The van der Waals surface area contributed by atoms with E-state index in [1.54, 1.807) is 31.9 Å². The van der Waals surface area contributed by atoms with Gasteiger partial charge in [0.25, 0.3) is 6.43 Å². The lowest BCUT2D eigenvalue weighted by Crippen LogP contribution is -2.30. The number of rotatable bonds is 5. The topological polar surface area (TPSA) is 56.0 Å². The maximum atomic E-state index is 12.6. The molecule has 2 rings (SSSR count). The third-order valence-electron chi connectivity index (χ3n) is 3.10. The molecule has 0 N–H and O–H groups in total. The average Bonchev–Trinajstić information content (AvgIpc) is 2.96. The highest BCUT2D eigenvalue weighted by Gasteiger charge is 2.17. The smallest absolute Gasteiger partial charge is 0.282 e. The third kappa shape index (κ3) is 3.65. The van der Waals surface area contributed by atoms with E-state index in [1.165, 1.54) is 15.6 Å². The van der Waals surface area contributed by atoms with Crippen LogP contribution in [0.1, 0.15) is 23.5 Å². The van der Waals surface area contributed by atoms with Gasteiger partial charge in [-0.2, -0.15) is 10.2 Å². The van der Waals surface area contributed by atoms with Gasteiger partial charge >= 0.3 is 0 Å². The number of aromatic nitrogens is 4. The van der Waals surface area contributed by atoms with Crippen LogP contribution in [0.25, 0.3) is 0 Å². The van der Waals surface area contributed by atoms with Crippen molar-refractivity contribution >= 4 is 5.91 Å². The van der Waals surface area contributed by atoms with Gasteiger partial charge in [0.05, 0.1) is 12.2 Å². The number of hydrogen-bond donors (Lipinski definition) is 0. The molecular weight excluding hydrogens is 280 g/mol. The molecule has 6 nitrogen and oxygen atoms in total. The number of carbonyl (C=O) groups is 1. The van der Waals surface area contributed by atoms with Gasteiger partial charge in [0.15, 0.2) is 0 Å². The summed E-state index contributed by atoms with van der Waals surface area (Å²) in [5.74, 6) is -0.215. The number of likely N-dealkylation sites (N-methyl/N-ethyl adjacent to an activating group) is 1. The molecule has 0 aliphatic rings. The van der Waals surface area contributed by atoms with Crippen molar-refractivity contribution in [2.45, 2.75) is 26.4 Å². The summed E-state index contributed by atoms with van der Waals surface area (Å²) in [6.45, 7) is 1.94. The zero-order chi connectivity index (χ0) is 15.6. The first-order valence-corrected chi connectivity index (χ1v) is 6.42. The Hall–Kier alpha value is -2.25. The number of carbonyl (C=O) groups excluding carboxylic acids is 1. The van der Waals surface area contributed by atoms with Gasteiger partial charge in [-0.1, -0.05) is 0 Å². The molecule has 0 aliphatic heterocycles. The van der Waals surface area contributed by atoms with Crippen LogP contribution in [0.3, 0.4) is 0 Å². The molecule has 0 spiro atoms. The molecule has 2 aromatic rings. The van der Waals surface area contributed by atoms with Gasteiger partial charge in [-0.15, -0.1) is 0 Å². The largest absolute Gasteiger partial charge is 0.338 e. The van der Waals surface area contributed by atoms with Crippen molar-refractivity contribution < 1.29 is 13.6 Å². The van der Waals surface area contributed by atoms with Crippen molar-refractivity contribution in [2.24, 2.45) is 7.05 Å². The van der Waals surface area contributed by atoms with Crippen LogP contribution in [0.4, 0.5) is 8.78 Å². The fraction of sp³-hybridized carbons (Fsp3) is 0.462. The molecule has 0 aliphatic carbocycles. The molecule has 0 aromatic carbocycles. The van der Waals surface area contributed by atoms with Crippen LogP contribution in [0.15, 0.2) is 18.3 Å². The van der Waals surface area contributed by atoms with Crippen molar-refractivity contribution in [2.75, 3.05) is 7.05 Å². The van der Waals surface area contributed by atoms with E-state index < -0.39 is 6.43 Å². The van der Waals surface area contributed by atoms with Gasteiger partial charge in [0.1, 0.15) is 12.2 Å². The number of nitrogens with zero attached hydrogens (tertiary/aromatic N) is 5. The molecule has 0 saturated carbocycles. The summed E-state index contributed by atoms with van der Waals surface area (Å²) in [5.41, 5.74) is 0.983. The van der Waals surface area contributed by atoms with E-state index in [2.05, 4.69) is 10.2 Å². The standard InChI is InChI=1S/C13H17F2N5O/c1-9-6-11(13(14)15)17-20(9)8-12(21)18(2)7-10-4-5-19(3)16-10/h4-6,13H,7-8H2,1-3H3. The fourth-order valence-corrected chi connectivity index (χ4v) is 1.93. The molecule has 21 heavy (non-hydrogen) atoms. The quantitative estimate of drug-likeness (QED) is 0.841. The van der Waals surface area contributed by atoms with Gasteiger partial charge in [-0.05, 0) is 19.1 Å². The minimum atomic E-state index is -2.63. The van der Waals surface area contributed by atoms with Crippen LogP contribution >= 0.6 is 0 Å². The second kappa shape index (κ2) is 6.02. The van der Waals surface area contributed by atoms with Crippen LogP contribution in [0.5, 0.6) is 0 Å². The minimum Gasteiger partial charge on any atom is -0.338 e. The fourth-order valence-electron chi connectivity index (χ4n) is 1.93. The van der Waals surface area contributed by atoms with Gasteiger partial charge < -0.3 is 4.90 Å². The number of alkyl halides is 2. The molecule has 8 heteroatoms. The summed E-state index contributed by atoms with van der Waals surface area (Å²) in [4.78, 5) is 13.6. The Morgan fingerprint density at radius 1 is 1.43 bits per heavy atom. The monoisotopic (exact) mass is 297 g/mol. The van der Waals surface area contributed by atoms with Gasteiger partial charge in [-0.25, -0.2) is 8.78 Å². The Balaban J connectivity index is 2.00. The highest BCUT2D eigenvalue weighted by molar-refractivity contribution is 5.75. The van der Waals surface area contributed by atoms with Crippen LogP contribution in [-0.4, -0.2) is 37.4 Å². The van der Waals surface area contributed by atoms with E-state index in [0.29, 0.717) is 12.2 Å². The Morgan fingerprint density at radius 3 is 2.67 bits per heavy atom. The van der Waals surface area contributed by atoms with E-state index in [1.807, 2.05) is 6.07 Å². The average molecular weight is 297 g/mol. The van der Waals surface area contributed by atoms with Crippen molar-refractivity contribution in [3.63, 3.8) is 0 Å². The third-order valence-corrected chi connectivity index (χ3v) is 3.10. The van der Waals surface area contributed by atoms with E-state index in [0.717, 1.165) is 5.69 Å². The number of halogens is 2. The van der Waals surface area contributed by atoms with Crippen LogP contribution in [-0.2, 0) is 24.9 Å². The predicted octanol–water partition coefficient (Wildman–Crippen LogP) is 1.52. The van der Waals surface area contributed by atoms with Crippen molar-refractivity contribution in [3.8, 4) is 0 Å². The lowest BCUT2D eigenvalue weighted by Gasteiger charge is -2.16. The predicted molar refractivity (Wildman–Crippen MR) is 71.6 cm³/mol. The zero-order valence-corrected chi connectivity index (χ0v) is 12.1. The molecule has 0 bridgehead atoms. The SMILES string of the molecule is Cc1cc(C(F)F)nn1CC(=O)N(C)Cc1ccn(C)n1. The molecule has 2 heterocycles. The number of amides is 1. The van der Waals surface area contributed by atoms with E-state index in [4.69, 9.17) is 0 Å². The number of hydrogen-bond acceptors (Lipinski definition) is 3. The summed E-state index contributed by atoms with van der Waals surface area (Å²) in [7, 11) is 3.44. The minimum absolute atomic E-state index is 0.0676. The highest BCUT2D eigenvalue weighted by atomic mass is 19.3. The first kappa shape index (κ1) is 15.1. The lowest BCUT2D eigenvalue weighted by molar-refractivity contribution is -0.131. The van der Waals surface area contributed by atoms with Crippen molar-refractivity contribution in [3.05, 3.63) is 35.4 Å². The molecule has 0 unspecified atom stereocenters. The summed E-state index contributed by atoms with van der Waals surface area (Å²) in [5, 5.41) is 7.93. The Labute approximate surface area is 121 Å².